The molecule has 0 saturated carbocycles. The van der Waals surface area contributed by atoms with E-state index < -0.39 is 26.0 Å². The summed E-state index contributed by atoms with van der Waals surface area (Å²) in [6.07, 6.45) is 0. The van der Waals surface area contributed by atoms with Gasteiger partial charge in [0.1, 0.15) is 5.75 Å². The molecule has 2 aromatic carbocycles. The fraction of sp³-hybridized carbons (Fsp3) is 0.350. The summed E-state index contributed by atoms with van der Waals surface area (Å²) in [6, 6.07) is 8.52. The lowest BCUT2D eigenvalue weighted by Crippen LogP contribution is -2.30. The molecule has 0 fully saturated rings. The van der Waals surface area contributed by atoms with E-state index in [1.165, 1.54) is 37.4 Å². The monoisotopic (exact) mass is 469 g/mol. The lowest BCUT2D eigenvalue weighted by Gasteiger charge is -2.14. The van der Waals surface area contributed by atoms with Gasteiger partial charge >= 0.3 is 0 Å². The maximum absolute atomic E-state index is 12.3. The van der Waals surface area contributed by atoms with Crippen LogP contribution in [0.2, 0.25) is 0 Å². The number of ether oxygens (including phenoxy) is 1. The minimum absolute atomic E-state index is 0.0273. The van der Waals surface area contributed by atoms with Crippen molar-refractivity contribution in [3.05, 3.63) is 47.5 Å². The van der Waals surface area contributed by atoms with Crippen LogP contribution in [-0.4, -0.2) is 42.4 Å². The highest BCUT2D eigenvalue weighted by Crippen LogP contribution is 2.23. The average molecular weight is 470 g/mol. The van der Waals surface area contributed by atoms with Gasteiger partial charge in [0, 0.05) is 11.7 Å². The number of carbonyl (C=O) groups is 1. The Balaban J connectivity index is 2.09. The number of anilines is 1. The summed E-state index contributed by atoms with van der Waals surface area (Å²) in [4.78, 5) is 12.5. The smallest absolute Gasteiger partial charge is 0.262 e. The van der Waals surface area contributed by atoms with Crippen molar-refractivity contribution in [2.24, 2.45) is 0 Å². The lowest BCUT2D eigenvalue weighted by molar-refractivity contribution is -0.118. The summed E-state index contributed by atoms with van der Waals surface area (Å²) in [5.74, 6) is -0.124. The third-order valence-electron chi connectivity index (χ3n) is 4.27. The second-order valence-electron chi connectivity index (χ2n) is 7.22. The van der Waals surface area contributed by atoms with Crippen molar-refractivity contribution in [3.63, 3.8) is 0 Å². The number of hydrogen-bond acceptors (Lipinski definition) is 6. The molecule has 0 saturated heterocycles. The average Bonchev–Trinajstić information content (AvgIpc) is 2.67. The van der Waals surface area contributed by atoms with Crippen molar-refractivity contribution in [2.75, 3.05) is 19.0 Å². The Labute approximate surface area is 183 Å². The largest absolute Gasteiger partial charge is 0.483 e. The minimum atomic E-state index is -3.64. The number of rotatable bonds is 9. The summed E-state index contributed by atoms with van der Waals surface area (Å²) in [6.45, 7) is 6.54. The Morgan fingerprint density at radius 2 is 1.55 bits per heavy atom. The van der Waals surface area contributed by atoms with Gasteiger partial charge in [-0.1, -0.05) is 6.07 Å². The zero-order valence-corrected chi connectivity index (χ0v) is 19.6. The van der Waals surface area contributed by atoms with Crippen LogP contribution in [0.5, 0.6) is 5.75 Å². The van der Waals surface area contributed by atoms with Gasteiger partial charge in [-0.2, -0.15) is 0 Å². The zero-order valence-electron chi connectivity index (χ0n) is 18.0. The molecule has 0 aromatic heterocycles. The molecule has 2 aromatic rings. The van der Waals surface area contributed by atoms with E-state index in [1.807, 2.05) is 0 Å². The molecular formula is C20H27N3O6S2. The first-order valence-electron chi connectivity index (χ1n) is 9.45. The van der Waals surface area contributed by atoms with E-state index in [2.05, 4.69) is 14.8 Å². The van der Waals surface area contributed by atoms with Gasteiger partial charge in [0.25, 0.3) is 5.91 Å². The molecule has 11 heteroatoms. The van der Waals surface area contributed by atoms with E-state index in [1.54, 1.807) is 33.8 Å². The maximum atomic E-state index is 12.3. The van der Waals surface area contributed by atoms with E-state index in [9.17, 15) is 21.6 Å². The number of amides is 1. The first kappa shape index (κ1) is 24.8. The molecule has 2 rings (SSSR count). The van der Waals surface area contributed by atoms with Gasteiger partial charge in [-0.3, -0.25) is 4.79 Å². The lowest BCUT2D eigenvalue weighted by atomic mass is 10.2. The fourth-order valence-electron chi connectivity index (χ4n) is 2.68. The molecule has 0 atom stereocenters. The molecule has 0 unspecified atom stereocenters. The Kier molecular flexibility index (Phi) is 7.82. The Hall–Kier alpha value is -2.47. The van der Waals surface area contributed by atoms with Crippen LogP contribution in [-0.2, 0) is 24.8 Å². The van der Waals surface area contributed by atoms with Gasteiger partial charge in [0.2, 0.25) is 20.0 Å². The van der Waals surface area contributed by atoms with E-state index in [-0.39, 0.29) is 22.4 Å². The summed E-state index contributed by atoms with van der Waals surface area (Å²) in [5.41, 5.74) is 1.59. The molecular weight excluding hydrogens is 442 g/mol. The van der Waals surface area contributed by atoms with Crippen molar-refractivity contribution < 1.29 is 26.4 Å². The highest BCUT2D eigenvalue weighted by molar-refractivity contribution is 7.89. The highest BCUT2D eigenvalue weighted by atomic mass is 32.2. The molecule has 3 N–H and O–H groups in total. The summed E-state index contributed by atoms with van der Waals surface area (Å²) >= 11 is 0. The number of benzene rings is 2. The van der Waals surface area contributed by atoms with E-state index >= 15 is 0 Å². The van der Waals surface area contributed by atoms with Crippen molar-refractivity contribution >= 4 is 31.6 Å². The zero-order chi connectivity index (χ0) is 23.4. The van der Waals surface area contributed by atoms with Gasteiger partial charge in [0.15, 0.2) is 6.61 Å². The topological polar surface area (TPSA) is 131 Å². The van der Waals surface area contributed by atoms with Crippen LogP contribution in [0.25, 0.3) is 0 Å². The molecule has 31 heavy (non-hydrogen) atoms. The molecule has 170 valence electrons. The van der Waals surface area contributed by atoms with Gasteiger partial charge in [-0.05, 0) is 76.2 Å². The SMILES string of the molecule is CNS(=O)(=O)c1ccc(C)c(NC(=O)COc2ccc(S(=O)(=O)NC(C)C)cc2C)c1. The standard InChI is InChI=1S/C20H27N3O6S2/c1-13(2)23-31(27,28)16-8-9-19(15(4)10-16)29-12-20(24)22-18-11-17(7-6-14(18)3)30(25,26)21-5/h6-11,13,21,23H,12H2,1-5H3,(H,22,24). The van der Waals surface area contributed by atoms with Crippen molar-refractivity contribution in [3.8, 4) is 5.75 Å². The van der Waals surface area contributed by atoms with Gasteiger partial charge in [-0.15, -0.1) is 0 Å². The molecule has 9 nitrogen and oxygen atoms in total. The maximum Gasteiger partial charge on any atom is 0.262 e. The summed E-state index contributed by atoms with van der Waals surface area (Å²) < 4.78 is 58.7. The number of hydrogen-bond donors (Lipinski definition) is 3. The third kappa shape index (κ3) is 6.50. The van der Waals surface area contributed by atoms with Crippen LogP contribution in [0.1, 0.15) is 25.0 Å². The van der Waals surface area contributed by atoms with Crippen LogP contribution < -0.4 is 19.5 Å². The Morgan fingerprint density at radius 3 is 2.13 bits per heavy atom. The molecule has 0 heterocycles. The predicted octanol–water partition coefficient (Wildman–Crippen LogP) is 1.92. The highest BCUT2D eigenvalue weighted by Gasteiger charge is 2.17. The molecule has 0 aliphatic carbocycles. The van der Waals surface area contributed by atoms with Gasteiger partial charge in [-0.25, -0.2) is 26.3 Å². The Bertz CT molecular complexity index is 1180. The van der Waals surface area contributed by atoms with E-state index in [0.29, 0.717) is 22.6 Å². The summed E-state index contributed by atoms with van der Waals surface area (Å²) in [5, 5.41) is 2.63. The second-order valence-corrected chi connectivity index (χ2v) is 10.8. The molecule has 0 bridgehead atoms. The quantitative estimate of drug-likeness (QED) is 0.514. The van der Waals surface area contributed by atoms with Crippen LogP contribution >= 0.6 is 0 Å². The normalized spacial score (nSPS) is 12.1. The van der Waals surface area contributed by atoms with Crippen LogP contribution in [0.4, 0.5) is 5.69 Å². The first-order chi connectivity index (χ1) is 14.4. The number of aryl methyl sites for hydroxylation is 2. The van der Waals surface area contributed by atoms with E-state index in [4.69, 9.17) is 4.74 Å². The van der Waals surface area contributed by atoms with Gasteiger partial charge < -0.3 is 10.1 Å². The van der Waals surface area contributed by atoms with Crippen molar-refractivity contribution in [2.45, 2.75) is 43.5 Å². The molecule has 0 spiro atoms. The predicted molar refractivity (Wildman–Crippen MR) is 118 cm³/mol. The molecule has 0 aliphatic heterocycles. The summed E-state index contributed by atoms with van der Waals surface area (Å²) in [7, 11) is -5.97. The number of nitrogens with one attached hydrogen (secondary N) is 3. The number of sulfonamides is 2. The van der Waals surface area contributed by atoms with E-state index in [0.717, 1.165) is 0 Å². The third-order valence-corrected chi connectivity index (χ3v) is 7.34. The van der Waals surface area contributed by atoms with Crippen LogP contribution in [0, 0.1) is 13.8 Å². The van der Waals surface area contributed by atoms with Crippen molar-refractivity contribution in [1.29, 1.82) is 0 Å². The van der Waals surface area contributed by atoms with Crippen molar-refractivity contribution in [1.82, 2.24) is 9.44 Å². The second kappa shape index (κ2) is 9.77. The molecule has 0 radical (unpaired) electrons. The van der Waals surface area contributed by atoms with Crippen LogP contribution in [0.15, 0.2) is 46.2 Å². The van der Waals surface area contributed by atoms with Crippen LogP contribution in [0.3, 0.4) is 0 Å². The fourth-order valence-corrected chi connectivity index (χ4v) is 4.77. The first-order valence-corrected chi connectivity index (χ1v) is 12.4. The minimum Gasteiger partial charge on any atom is -0.483 e. The Morgan fingerprint density at radius 1 is 0.935 bits per heavy atom. The molecule has 0 aliphatic rings. The number of carbonyl (C=O) groups excluding carboxylic acids is 1. The van der Waals surface area contributed by atoms with Gasteiger partial charge in [0.05, 0.1) is 9.79 Å². The molecule has 1 amide bonds.